The van der Waals surface area contributed by atoms with Crippen LogP contribution in [0.3, 0.4) is 0 Å². The Kier molecular flexibility index (Phi) is 2.34. The summed E-state index contributed by atoms with van der Waals surface area (Å²) in [6, 6.07) is 13.0. The molecule has 0 saturated heterocycles. The van der Waals surface area contributed by atoms with E-state index in [0.29, 0.717) is 11.4 Å². The van der Waals surface area contributed by atoms with Gasteiger partial charge in [-0.25, -0.2) is 4.98 Å². The zero-order valence-corrected chi connectivity index (χ0v) is 9.67. The summed E-state index contributed by atoms with van der Waals surface area (Å²) in [6.07, 6.45) is 1.74. The lowest BCUT2D eigenvalue weighted by Crippen LogP contribution is -1.95. The molecular weight excluding hydrogens is 224 g/mol. The van der Waals surface area contributed by atoms with E-state index >= 15 is 0 Å². The van der Waals surface area contributed by atoms with Crippen molar-refractivity contribution in [2.24, 2.45) is 0 Å². The molecule has 0 fully saturated rings. The molecule has 0 saturated carbocycles. The van der Waals surface area contributed by atoms with Crippen molar-refractivity contribution < 1.29 is 0 Å². The summed E-state index contributed by atoms with van der Waals surface area (Å²) >= 11 is 0. The lowest BCUT2D eigenvalue weighted by Gasteiger charge is -2.06. The summed E-state index contributed by atoms with van der Waals surface area (Å²) in [7, 11) is 0. The van der Waals surface area contributed by atoms with Gasteiger partial charge >= 0.3 is 0 Å². The van der Waals surface area contributed by atoms with Crippen LogP contribution in [0.15, 0.2) is 48.7 Å². The SMILES string of the molecule is Nc1ccc2nc(-c3ccccn3)cc(N)c2c1. The normalized spacial score (nSPS) is 10.7. The third-order valence-corrected chi connectivity index (χ3v) is 2.79. The van der Waals surface area contributed by atoms with Gasteiger partial charge in [-0.1, -0.05) is 6.07 Å². The van der Waals surface area contributed by atoms with Crippen LogP contribution in [0.2, 0.25) is 0 Å². The van der Waals surface area contributed by atoms with E-state index in [-0.39, 0.29) is 0 Å². The van der Waals surface area contributed by atoms with Crippen molar-refractivity contribution in [3.05, 3.63) is 48.7 Å². The number of hydrogen-bond acceptors (Lipinski definition) is 4. The molecule has 88 valence electrons. The Morgan fingerprint density at radius 3 is 2.56 bits per heavy atom. The van der Waals surface area contributed by atoms with Gasteiger partial charge in [-0.2, -0.15) is 0 Å². The molecule has 0 amide bonds. The highest BCUT2D eigenvalue weighted by molar-refractivity contribution is 5.94. The third-order valence-electron chi connectivity index (χ3n) is 2.79. The van der Waals surface area contributed by atoms with E-state index < -0.39 is 0 Å². The highest BCUT2D eigenvalue weighted by Crippen LogP contribution is 2.26. The Morgan fingerprint density at radius 1 is 0.889 bits per heavy atom. The highest BCUT2D eigenvalue weighted by Gasteiger charge is 2.06. The van der Waals surface area contributed by atoms with Crippen molar-refractivity contribution >= 4 is 22.3 Å². The molecule has 1 aromatic carbocycles. The van der Waals surface area contributed by atoms with Crippen LogP contribution in [0.25, 0.3) is 22.3 Å². The van der Waals surface area contributed by atoms with Crippen LogP contribution >= 0.6 is 0 Å². The molecule has 0 bridgehead atoms. The fraction of sp³-hybridized carbons (Fsp3) is 0. The van der Waals surface area contributed by atoms with E-state index in [1.54, 1.807) is 6.20 Å². The van der Waals surface area contributed by atoms with Gasteiger partial charge in [0.05, 0.1) is 16.9 Å². The first-order chi connectivity index (χ1) is 8.74. The Labute approximate surface area is 104 Å². The maximum Gasteiger partial charge on any atom is 0.0914 e. The Morgan fingerprint density at radius 2 is 1.78 bits per heavy atom. The summed E-state index contributed by atoms with van der Waals surface area (Å²) in [5, 5.41) is 0.870. The van der Waals surface area contributed by atoms with E-state index in [4.69, 9.17) is 11.5 Å². The number of pyridine rings is 2. The number of benzene rings is 1. The Hall–Kier alpha value is -2.62. The van der Waals surface area contributed by atoms with Gasteiger partial charge < -0.3 is 11.5 Å². The first-order valence-electron chi connectivity index (χ1n) is 5.61. The van der Waals surface area contributed by atoms with Gasteiger partial charge in [-0.3, -0.25) is 4.98 Å². The first-order valence-corrected chi connectivity index (χ1v) is 5.61. The van der Waals surface area contributed by atoms with Crippen LogP contribution in [0.5, 0.6) is 0 Å². The van der Waals surface area contributed by atoms with Crippen LogP contribution in [0.4, 0.5) is 11.4 Å². The van der Waals surface area contributed by atoms with Crippen LogP contribution in [0, 0.1) is 0 Å². The fourth-order valence-corrected chi connectivity index (χ4v) is 1.91. The number of hydrogen-bond donors (Lipinski definition) is 2. The molecule has 4 N–H and O–H groups in total. The second kappa shape index (κ2) is 4.00. The molecule has 0 unspecified atom stereocenters. The molecule has 3 rings (SSSR count). The van der Waals surface area contributed by atoms with E-state index in [9.17, 15) is 0 Å². The van der Waals surface area contributed by atoms with Crippen molar-refractivity contribution in [2.45, 2.75) is 0 Å². The summed E-state index contributed by atoms with van der Waals surface area (Å²) in [6.45, 7) is 0. The maximum atomic E-state index is 6.04. The maximum absolute atomic E-state index is 6.04. The molecule has 0 radical (unpaired) electrons. The second-order valence-corrected chi connectivity index (χ2v) is 4.09. The van der Waals surface area contributed by atoms with Crippen molar-refractivity contribution in [2.75, 3.05) is 11.5 Å². The summed E-state index contributed by atoms with van der Waals surface area (Å²) in [5.74, 6) is 0. The van der Waals surface area contributed by atoms with Gasteiger partial charge in [-0.05, 0) is 36.4 Å². The minimum Gasteiger partial charge on any atom is -0.399 e. The zero-order chi connectivity index (χ0) is 12.5. The highest BCUT2D eigenvalue weighted by atomic mass is 14.8. The average molecular weight is 236 g/mol. The van der Waals surface area contributed by atoms with Crippen LogP contribution in [0.1, 0.15) is 0 Å². The molecule has 0 aliphatic heterocycles. The number of aromatic nitrogens is 2. The quantitative estimate of drug-likeness (QED) is 0.636. The molecule has 3 aromatic rings. The van der Waals surface area contributed by atoms with E-state index in [2.05, 4.69) is 9.97 Å². The molecule has 4 heteroatoms. The van der Waals surface area contributed by atoms with Crippen molar-refractivity contribution in [3.8, 4) is 11.4 Å². The van der Waals surface area contributed by atoms with Crippen molar-refractivity contribution in [1.29, 1.82) is 0 Å². The molecule has 0 spiro atoms. The minimum absolute atomic E-state index is 0.660. The number of nitrogen functional groups attached to an aromatic ring is 2. The van der Waals surface area contributed by atoms with E-state index in [0.717, 1.165) is 22.3 Å². The van der Waals surface area contributed by atoms with Gasteiger partial charge in [0.1, 0.15) is 0 Å². The lowest BCUT2D eigenvalue weighted by molar-refractivity contribution is 1.28. The predicted octanol–water partition coefficient (Wildman–Crippen LogP) is 2.46. The van der Waals surface area contributed by atoms with Gasteiger partial charge in [0.15, 0.2) is 0 Å². The zero-order valence-electron chi connectivity index (χ0n) is 9.67. The Balaban J connectivity index is 2.25. The second-order valence-electron chi connectivity index (χ2n) is 4.09. The summed E-state index contributed by atoms with van der Waals surface area (Å²) < 4.78 is 0. The van der Waals surface area contributed by atoms with Crippen LogP contribution in [-0.2, 0) is 0 Å². The number of rotatable bonds is 1. The topological polar surface area (TPSA) is 77.8 Å². The average Bonchev–Trinajstić information content (AvgIpc) is 2.40. The number of nitrogens with zero attached hydrogens (tertiary/aromatic N) is 2. The molecule has 4 nitrogen and oxygen atoms in total. The monoisotopic (exact) mass is 236 g/mol. The number of fused-ring (bicyclic) bond motifs is 1. The lowest BCUT2D eigenvalue weighted by atomic mass is 10.1. The van der Waals surface area contributed by atoms with Gasteiger partial charge in [0.2, 0.25) is 0 Å². The van der Waals surface area contributed by atoms with Gasteiger partial charge in [0, 0.05) is 23.0 Å². The minimum atomic E-state index is 0.660. The molecule has 0 aliphatic rings. The van der Waals surface area contributed by atoms with Crippen LogP contribution < -0.4 is 11.5 Å². The summed E-state index contributed by atoms with van der Waals surface area (Å²) in [4.78, 5) is 8.82. The standard InChI is InChI=1S/C14H12N4/c15-9-4-5-12-10(7-9)11(16)8-14(18-12)13-3-1-2-6-17-13/h1-8H,15H2,(H2,16,18). The molecule has 2 heterocycles. The molecule has 18 heavy (non-hydrogen) atoms. The van der Waals surface area contributed by atoms with Crippen molar-refractivity contribution in [1.82, 2.24) is 9.97 Å². The largest absolute Gasteiger partial charge is 0.399 e. The van der Waals surface area contributed by atoms with E-state index in [1.165, 1.54) is 0 Å². The number of nitrogens with two attached hydrogens (primary N) is 2. The van der Waals surface area contributed by atoms with Gasteiger partial charge in [-0.15, -0.1) is 0 Å². The smallest absolute Gasteiger partial charge is 0.0914 e. The molecule has 2 aromatic heterocycles. The summed E-state index contributed by atoms with van der Waals surface area (Å²) in [5.41, 5.74) is 15.5. The fourth-order valence-electron chi connectivity index (χ4n) is 1.91. The molecule has 0 atom stereocenters. The Bertz CT molecular complexity index is 708. The predicted molar refractivity (Wildman–Crippen MR) is 73.8 cm³/mol. The molecular formula is C14H12N4. The van der Waals surface area contributed by atoms with Gasteiger partial charge in [0.25, 0.3) is 0 Å². The first kappa shape index (κ1) is 10.5. The van der Waals surface area contributed by atoms with E-state index in [1.807, 2.05) is 42.5 Å². The van der Waals surface area contributed by atoms with Crippen molar-refractivity contribution in [3.63, 3.8) is 0 Å². The third kappa shape index (κ3) is 1.73. The molecule has 0 aliphatic carbocycles. The number of anilines is 2. The van der Waals surface area contributed by atoms with Crippen LogP contribution in [-0.4, -0.2) is 9.97 Å².